The summed E-state index contributed by atoms with van der Waals surface area (Å²) in [6.07, 6.45) is 1.96. The van der Waals surface area contributed by atoms with Crippen LogP contribution in [0.25, 0.3) is 0 Å². The van der Waals surface area contributed by atoms with E-state index in [1.54, 1.807) is 7.05 Å². The van der Waals surface area contributed by atoms with Gasteiger partial charge in [0.1, 0.15) is 5.82 Å². The van der Waals surface area contributed by atoms with Crippen LogP contribution in [0.2, 0.25) is 0 Å². The van der Waals surface area contributed by atoms with E-state index in [1.165, 1.54) is 16.7 Å². The topological polar surface area (TPSA) is 55.8 Å². The molecular weight excluding hydrogens is 475 g/mol. The van der Waals surface area contributed by atoms with Gasteiger partial charge in [-0.1, -0.05) is 29.8 Å². The van der Waals surface area contributed by atoms with Crippen molar-refractivity contribution in [3.8, 4) is 0 Å². The minimum absolute atomic E-state index is 0. The second-order valence-electron chi connectivity index (χ2n) is 7.52. The smallest absolute Gasteiger partial charge is 0.191 e. The SMILES string of the molecule is CN=C(NCc1ccc(N2CCN(C)CC2)nc1)NCc1ccc(C)cc1C.I. The van der Waals surface area contributed by atoms with Crippen LogP contribution < -0.4 is 15.5 Å². The molecule has 1 aromatic carbocycles. The van der Waals surface area contributed by atoms with Crippen LogP contribution in [0.15, 0.2) is 41.5 Å². The maximum atomic E-state index is 4.65. The number of guanidine groups is 1. The number of hydrogen-bond acceptors (Lipinski definition) is 4. The molecule has 0 atom stereocenters. The third-order valence-corrected chi connectivity index (χ3v) is 5.26. The molecule has 0 amide bonds. The quantitative estimate of drug-likeness (QED) is 0.370. The van der Waals surface area contributed by atoms with Crippen molar-refractivity contribution in [3.05, 3.63) is 58.8 Å². The lowest BCUT2D eigenvalue weighted by atomic mass is 10.1. The molecule has 0 spiro atoms. The van der Waals surface area contributed by atoms with Crippen molar-refractivity contribution >= 4 is 35.8 Å². The third-order valence-electron chi connectivity index (χ3n) is 5.26. The van der Waals surface area contributed by atoms with Gasteiger partial charge in [-0.3, -0.25) is 4.99 Å². The molecule has 3 rings (SSSR count). The second kappa shape index (κ2) is 11.3. The highest BCUT2D eigenvalue weighted by molar-refractivity contribution is 14.0. The number of likely N-dealkylation sites (N-methyl/N-ethyl adjacent to an activating group) is 1. The predicted octanol–water partition coefficient (Wildman–Crippen LogP) is 2.93. The molecule has 1 saturated heterocycles. The van der Waals surface area contributed by atoms with Crippen LogP contribution in [-0.4, -0.2) is 56.1 Å². The van der Waals surface area contributed by atoms with Crippen LogP contribution in [0.4, 0.5) is 5.82 Å². The molecule has 1 aromatic heterocycles. The molecule has 2 N–H and O–H groups in total. The molecule has 2 heterocycles. The summed E-state index contributed by atoms with van der Waals surface area (Å²) in [7, 11) is 3.96. The highest BCUT2D eigenvalue weighted by Crippen LogP contribution is 2.13. The Morgan fingerprint density at radius 3 is 2.38 bits per heavy atom. The van der Waals surface area contributed by atoms with Gasteiger partial charge in [0.25, 0.3) is 0 Å². The number of nitrogens with zero attached hydrogens (tertiary/aromatic N) is 4. The van der Waals surface area contributed by atoms with Gasteiger partial charge in [0.15, 0.2) is 5.96 Å². The van der Waals surface area contributed by atoms with Crippen molar-refractivity contribution in [1.82, 2.24) is 20.5 Å². The lowest BCUT2D eigenvalue weighted by Gasteiger charge is -2.33. The summed E-state index contributed by atoms with van der Waals surface area (Å²) in [6, 6.07) is 10.8. The number of rotatable bonds is 5. The fourth-order valence-corrected chi connectivity index (χ4v) is 3.37. The van der Waals surface area contributed by atoms with E-state index in [0.717, 1.165) is 50.1 Å². The van der Waals surface area contributed by atoms with Crippen LogP contribution >= 0.6 is 24.0 Å². The summed E-state index contributed by atoms with van der Waals surface area (Å²) in [4.78, 5) is 13.7. The van der Waals surface area contributed by atoms with E-state index < -0.39 is 0 Å². The van der Waals surface area contributed by atoms with E-state index in [2.05, 4.69) is 81.6 Å². The standard InChI is InChI=1S/C22H32N6.HI/c1-17-5-7-20(18(2)13-17)16-26-22(23-3)25-15-19-6-8-21(24-14-19)28-11-9-27(4)10-12-28;/h5-8,13-14H,9-12,15-16H2,1-4H3,(H2,23,25,26);1H. The van der Waals surface area contributed by atoms with Crippen LogP contribution in [0, 0.1) is 13.8 Å². The predicted molar refractivity (Wildman–Crippen MR) is 132 cm³/mol. The van der Waals surface area contributed by atoms with Crippen molar-refractivity contribution in [2.24, 2.45) is 4.99 Å². The van der Waals surface area contributed by atoms with E-state index in [1.807, 2.05) is 6.20 Å². The Morgan fingerprint density at radius 2 is 1.76 bits per heavy atom. The van der Waals surface area contributed by atoms with Crippen molar-refractivity contribution in [2.45, 2.75) is 26.9 Å². The van der Waals surface area contributed by atoms with E-state index in [9.17, 15) is 0 Å². The third kappa shape index (κ3) is 6.85. The molecule has 2 aromatic rings. The Labute approximate surface area is 191 Å². The molecule has 29 heavy (non-hydrogen) atoms. The van der Waals surface area contributed by atoms with Gasteiger partial charge in [0.05, 0.1) is 0 Å². The number of anilines is 1. The fraction of sp³-hybridized carbons (Fsp3) is 0.455. The van der Waals surface area contributed by atoms with Gasteiger partial charge in [0.2, 0.25) is 0 Å². The molecule has 0 aliphatic carbocycles. The number of aryl methyl sites for hydroxylation is 2. The van der Waals surface area contributed by atoms with Crippen LogP contribution in [0.5, 0.6) is 0 Å². The highest BCUT2D eigenvalue weighted by atomic mass is 127. The number of aromatic nitrogens is 1. The number of halogens is 1. The van der Waals surface area contributed by atoms with Gasteiger partial charge in [-0.2, -0.15) is 0 Å². The first-order valence-electron chi connectivity index (χ1n) is 9.94. The monoisotopic (exact) mass is 508 g/mol. The molecule has 0 unspecified atom stereocenters. The molecule has 0 saturated carbocycles. The molecule has 0 bridgehead atoms. The molecule has 7 heteroatoms. The fourth-order valence-electron chi connectivity index (χ4n) is 3.37. The van der Waals surface area contributed by atoms with Crippen molar-refractivity contribution < 1.29 is 0 Å². The van der Waals surface area contributed by atoms with E-state index in [0.29, 0.717) is 6.54 Å². The Kier molecular flexibility index (Phi) is 9.16. The van der Waals surface area contributed by atoms with Crippen LogP contribution in [0.3, 0.4) is 0 Å². The molecular formula is C22H33IN6. The van der Waals surface area contributed by atoms with Gasteiger partial charge in [-0.05, 0) is 43.7 Å². The molecule has 6 nitrogen and oxygen atoms in total. The zero-order chi connectivity index (χ0) is 19.9. The lowest BCUT2D eigenvalue weighted by Crippen LogP contribution is -2.44. The van der Waals surface area contributed by atoms with Crippen LogP contribution in [-0.2, 0) is 13.1 Å². The Balaban J connectivity index is 0.00000300. The van der Waals surface area contributed by atoms with Crippen molar-refractivity contribution in [3.63, 3.8) is 0 Å². The number of pyridine rings is 1. The maximum Gasteiger partial charge on any atom is 0.191 e. The average molecular weight is 508 g/mol. The summed E-state index contributed by atoms with van der Waals surface area (Å²) in [6.45, 7) is 9.98. The first-order valence-corrected chi connectivity index (χ1v) is 9.94. The van der Waals surface area contributed by atoms with Crippen molar-refractivity contribution in [2.75, 3.05) is 45.2 Å². The zero-order valence-corrected chi connectivity index (χ0v) is 20.2. The van der Waals surface area contributed by atoms with E-state index in [4.69, 9.17) is 0 Å². The highest BCUT2D eigenvalue weighted by Gasteiger charge is 2.14. The number of piperazine rings is 1. The number of benzene rings is 1. The Morgan fingerprint density at radius 1 is 1.03 bits per heavy atom. The zero-order valence-electron chi connectivity index (χ0n) is 17.9. The van der Waals surface area contributed by atoms with E-state index >= 15 is 0 Å². The summed E-state index contributed by atoms with van der Waals surface area (Å²) in [5.74, 6) is 1.86. The molecule has 1 aliphatic rings. The normalized spacial score (nSPS) is 15.0. The molecule has 1 aliphatic heterocycles. The van der Waals surface area contributed by atoms with Gasteiger partial charge in [0, 0.05) is 52.5 Å². The summed E-state index contributed by atoms with van der Waals surface area (Å²) in [5, 5.41) is 6.76. The number of aliphatic imine (C=N–C) groups is 1. The second-order valence-corrected chi connectivity index (χ2v) is 7.52. The van der Waals surface area contributed by atoms with Gasteiger partial charge >= 0.3 is 0 Å². The average Bonchev–Trinajstić information content (AvgIpc) is 2.70. The van der Waals surface area contributed by atoms with Gasteiger partial charge in [-0.25, -0.2) is 4.98 Å². The summed E-state index contributed by atoms with van der Waals surface area (Å²) < 4.78 is 0. The Hall–Kier alpha value is -1.87. The van der Waals surface area contributed by atoms with Crippen molar-refractivity contribution in [1.29, 1.82) is 0 Å². The van der Waals surface area contributed by atoms with Gasteiger partial charge in [-0.15, -0.1) is 24.0 Å². The largest absolute Gasteiger partial charge is 0.354 e. The van der Waals surface area contributed by atoms with E-state index in [-0.39, 0.29) is 24.0 Å². The lowest BCUT2D eigenvalue weighted by molar-refractivity contribution is 0.312. The first-order chi connectivity index (χ1) is 13.5. The first kappa shape index (κ1) is 23.4. The number of nitrogens with one attached hydrogen (secondary N) is 2. The van der Waals surface area contributed by atoms with Gasteiger partial charge < -0.3 is 20.4 Å². The summed E-state index contributed by atoms with van der Waals surface area (Å²) in [5.41, 5.74) is 5.02. The van der Waals surface area contributed by atoms with Crippen LogP contribution in [0.1, 0.15) is 22.3 Å². The molecule has 1 fully saturated rings. The number of hydrogen-bond donors (Lipinski definition) is 2. The molecule has 0 radical (unpaired) electrons. The summed E-state index contributed by atoms with van der Waals surface area (Å²) >= 11 is 0. The minimum Gasteiger partial charge on any atom is -0.354 e. The molecule has 158 valence electrons. The maximum absolute atomic E-state index is 4.65. The Bertz CT molecular complexity index is 797. The minimum atomic E-state index is 0.